The molecule has 0 saturated heterocycles. The number of hydrogen-bond acceptors (Lipinski definition) is 2. The van der Waals surface area contributed by atoms with Crippen molar-refractivity contribution >= 4 is 11.0 Å². The monoisotopic (exact) mass is 400 g/mol. The second kappa shape index (κ2) is 8.05. The summed E-state index contributed by atoms with van der Waals surface area (Å²) in [6.45, 7) is -0.472. The van der Waals surface area contributed by atoms with Gasteiger partial charge in [0, 0.05) is 11.1 Å². The summed E-state index contributed by atoms with van der Waals surface area (Å²) < 4.78 is 63.0. The SMILES string of the molecule is Fc1cccc(F)c1COCc1nc2ccccc2n1Cc1c(F)cccc1F. The second-order valence-corrected chi connectivity index (χ2v) is 6.50. The lowest BCUT2D eigenvalue weighted by molar-refractivity contribution is 0.0953. The maximum atomic E-state index is 14.1. The van der Waals surface area contributed by atoms with E-state index in [-0.39, 0.29) is 30.9 Å². The van der Waals surface area contributed by atoms with E-state index in [0.717, 1.165) is 12.1 Å². The average Bonchev–Trinajstić information content (AvgIpc) is 3.04. The molecule has 0 aliphatic carbocycles. The highest BCUT2D eigenvalue weighted by molar-refractivity contribution is 5.76. The summed E-state index contributed by atoms with van der Waals surface area (Å²) in [7, 11) is 0. The highest BCUT2D eigenvalue weighted by Gasteiger charge is 2.16. The van der Waals surface area contributed by atoms with Gasteiger partial charge in [-0.25, -0.2) is 22.5 Å². The lowest BCUT2D eigenvalue weighted by Gasteiger charge is -2.12. The van der Waals surface area contributed by atoms with Gasteiger partial charge in [-0.2, -0.15) is 0 Å². The smallest absolute Gasteiger partial charge is 0.136 e. The third kappa shape index (κ3) is 3.86. The molecule has 0 atom stereocenters. The molecule has 4 rings (SSSR count). The van der Waals surface area contributed by atoms with Crippen molar-refractivity contribution in [2.45, 2.75) is 19.8 Å². The maximum Gasteiger partial charge on any atom is 0.136 e. The minimum absolute atomic E-state index is 0.0848. The van der Waals surface area contributed by atoms with Crippen molar-refractivity contribution in [1.82, 2.24) is 9.55 Å². The standard InChI is InChI=1S/C22H16F4N2O/c23-16-5-3-6-17(24)14(16)11-28-21-10-2-1-9-20(21)27-22(28)13-29-12-15-18(25)7-4-8-19(15)26/h1-10H,11-13H2. The van der Waals surface area contributed by atoms with Crippen molar-refractivity contribution < 1.29 is 22.3 Å². The molecule has 0 fully saturated rings. The Morgan fingerprint density at radius 3 is 1.93 bits per heavy atom. The average molecular weight is 400 g/mol. The summed E-state index contributed by atoms with van der Waals surface area (Å²) in [5.41, 5.74) is 1.01. The molecular formula is C22H16F4N2O. The Balaban J connectivity index is 1.63. The number of rotatable bonds is 6. The van der Waals surface area contributed by atoms with Crippen LogP contribution < -0.4 is 0 Å². The highest BCUT2D eigenvalue weighted by Crippen LogP contribution is 2.22. The minimum Gasteiger partial charge on any atom is -0.369 e. The largest absolute Gasteiger partial charge is 0.369 e. The lowest BCUT2D eigenvalue weighted by atomic mass is 10.2. The molecule has 1 heterocycles. The molecule has 1 aromatic heterocycles. The number of benzene rings is 3. The van der Waals surface area contributed by atoms with E-state index in [4.69, 9.17) is 4.74 Å². The number of aromatic nitrogens is 2. The Morgan fingerprint density at radius 1 is 0.690 bits per heavy atom. The fourth-order valence-electron chi connectivity index (χ4n) is 3.17. The lowest BCUT2D eigenvalue weighted by Crippen LogP contribution is -2.10. The van der Waals surface area contributed by atoms with Crippen molar-refractivity contribution in [3.05, 3.63) is 101 Å². The molecule has 0 amide bonds. The van der Waals surface area contributed by atoms with Gasteiger partial charge in [0.05, 0.1) is 24.2 Å². The van der Waals surface area contributed by atoms with E-state index in [1.807, 2.05) is 0 Å². The maximum absolute atomic E-state index is 14.1. The van der Waals surface area contributed by atoms with Gasteiger partial charge in [-0.3, -0.25) is 0 Å². The quantitative estimate of drug-likeness (QED) is 0.408. The molecule has 148 valence electrons. The summed E-state index contributed by atoms with van der Waals surface area (Å²) in [5.74, 6) is -2.34. The van der Waals surface area contributed by atoms with Crippen LogP contribution >= 0.6 is 0 Å². The van der Waals surface area contributed by atoms with Gasteiger partial charge in [0.1, 0.15) is 35.7 Å². The molecule has 29 heavy (non-hydrogen) atoms. The third-order valence-corrected chi connectivity index (χ3v) is 4.65. The molecule has 0 saturated carbocycles. The fraction of sp³-hybridized carbons (Fsp3) is 0.136. The second-order valence-electron chi connectivity index (χ2n) is 6.50. The van der Waals surface area contributed by atoms with Crippen molar-refractivity contribution in [3.63, 3.8) is 0 Å². The van der Waals surface area contributed by atoms with Gasteiger partial charge in [-0.05, 0) is 36.4 Å². The molecule has 0 N–H and O–H groups in total. The van der Waals surface area contributed by atoms with E-state index < -0.39 is 23.3 Å². The molecule has 0 bridgehead atoms. The van der Waals surface area contributed by atoms with Crippen molar-refractivity contribution in [3.8, 4) is 0 Å². The van der Waals surface area contributed by atoms with Crippen LogP contribution in [0.1, 0.15) is 17.0 Å². The van der Waals surface area contributed by atoms with E-state index in [9.17, 15) is 17.6 Å². The van der Waals surface area contributed by atoms with Crippen LogP contribution in [0.2, 0.25) is 0 Å². The van der Waals surface area contributed by atoms with Crippen LogP contribution in [0.4, 0.5) is 17.6 Å². The molecule has 0 spiro atoms. The van der Waals surface area contributed by atoms with Gasteiger partial charge >= 0.3 is 0 Å². The normalized spacial score (nSPS) is 11.3. The number of halogens is 4. The molecule has 3 nitrogen and oxygen atoms in total. The zero-order valence-electron chi connectivity index (χ0n) is 15.2. The Hall–Kier alpha value is -3.19. The summed E-state index contributed by atoms with van der Waals surface area (Å²) in [6, 6.07) is 14.4. The Bertz CT molecular complexity index is 1130. The molecule has 7 heteroatoms. The summed E-state index contributed by atoms with van der Waals surface area (Å²) in [4.78, 5) is 4.45. The van der Waals surface area contributed by atoms with Crippen molar-refractivity contribution in [2.24, 2.45) is 0 Å². The first-order valence-corrected chi connectivity index (χ1v) is 8.92. The zero-order chi connectivity index (χ0) is 20.4. The van der Waals surface area contributed by atoms with Gasteiger partial charge in [0.2, 0.25) is 0 Å². The van der Waals surface area contributed by atoms with Crippen LogP contribution in [-0.2, 0) is 24.5 Å². The van der Waals surface area contributed by atoms with Gasteiger partial charge in [0.25, 0.3) is 0 Å². The minimum atomic E-state index is -0.702. The van der Waals surface area contributed by atoms with E-state index in [1.165, 1.54) is 24.3 Å². The number of hydrogen-bond donors (Lipinski definition) is 0. The van der Waals surface area contributed by atoms with Crippen LogP contribution in [0.15, 0.2) is 60.7 Å². The van der Waals surface area contributed by atoms with Gasteiger partial charge < -0.3 is 9.30 Å². The first-order valence-electron chi connectivity index (χ1n) is 8.92. The summed E-state index contributed by atoms with van der Waals surface area (Å²) in [6.07, 6.45) is 0. The predicted molar refractivity (Wildman–Crippen MR) is 100 cm³/mol. The molecule has 0 radical (unpaired) electrons. The molecular weight excluding hydrogens is 384 g/mol. The molecule has 3 aromatic carbocycles. The van der Waals surface area contributed by atoms with E-state index >= 15 is 0 Å². The van der Waals surface area contributed by atoms with Crippen molar-refractivity contribution in [2.75, 3.05) is 0 Å². The van der Waals surface area contributed by atoms with Crippen LogP contribution in [0.3, 0.4) is 0 Å². The first-order chi connectivity index (χ1) is 14.0. The highest BCUT2D eigenvalue weighted by atomic mass is 19.1. The Morgan fingerprint density at radius 2 is 1.28 bits per heavy atom. The molecule has 4 aromatic rings. The van der Waals surface area contributed by atoms with Crippen LogP contribution in [0.5, 0.6) is 0 Å². The van der Waals surface area contributed by atoms with E-state index in [1.54, 1.807) is 28.8 Å². The van der Waals surface area contributed by atoms with E-state index in [2.05, 4.69) is 4.98 Å². The summed E-state index contributed by atoms with van der Waals surface area (Å²) >= 11 is 0. The number of para-hydroxylation sites is 2. The summed E-state index contributed by atoms with van der Waals surface area (Å²) in [5, 5.41) is 0. The molecule has 0 aliphatic heterocycles. The Kier molecular flexibility index (Phi) is 5.31. The third-order valence-electron chi connectivity index (χ3n) is 4.65. The van der Waals surface area contributed by atoms with Gasteiger partial charge in [-0.1, -0.05) is 24.3 Å². The number of fused-ring (bicyclic) bond motifs is 1. The van der Waals surface area contributed by atoms with Gasteiger partial charge in [0.15, 0.2) is 0 Å². The number of imidazole rings is 1. The zero-order valence-corrected chi connectivity index (χ0v) is 15.2. The number of nitrogens with zero attached hydrogens (tertiary/aromatic N) is 2. The molecule has 0 unspecified atom stereocenters. The van der Waals surface area contributed by atoms with Crippen LogP contribution in [-0.4, -0.2) is 9.55 Å². The van der Waals surface area contributed by atoms with Crippen LogP contribution in [0.25, 0.3) is 11.0 Å². The number of ether oxygens (including phenoxy) is 1. The predicted octanol–water partition coefficient (Wildman–Crippen LogP) is 5.36. The van der Waals surface area contributed by atoms with Gasteiger partial charge in [-0.15, -0.1) is 0 Å². The Labute approximate surface area is 164 Å². The first kappa shape index (κ1) is 19.1. The molecule has 0 aliphatic rings. The van der Waals surface area contributed by atoms with Crippen LogP contribution in [0, 0.1) is 23.3 Å². The van der Waals surface area contributed by atoms with Crippen molar-refractivity contribution in [1.29, 1.82) is 0 Å². The topological polar surface area (TPSA) is 27.1 Å². The fourth-order valence-corrected chi connectivity index (χ4v) is 3.17. The van der Waals surface area contributed by atoms with E-state index in [0.29, 0.717) is 16.9 Å².